The minimum atomic E-state index is -4.50. The molecule has 0 radical (unpaired) electrons. The summed E-state index contributed by atoms with van der Waals surface area (Å²) in [5, 5.41) is 0. The van der Waals surface area contributed by atoms with Gasteiger partial charge in [0.1, 0.15) is 4.90 Å². The molecule has 10 heteroatoms. The number of hydrogen-bond donors (Lipinski definition) is 3. The molecule has 0 fully saturated rings. The molecule has 0 saturated heterocycles. The first-order valence-electron chi connectivity index (χ1n) is 3.47. The smallest absolute Gasteiger partial charge is 1.00 e. The summed E-state index contributed by atoms with van der Waals surface area (Å²) in [5.41, 5.74) is 4.72. The van der Waals surface area contributed by atoms with Gasteiger partial charge in [-0.05, 0) is 18.2 Å². The van der Waals surface area contributed by atoms with E-state index in [1.165, 1.54) is 0 Å². The van der Waals surface area contributed by atoms with E-state index >= 15 is 0 Å². The molecular formula is C6H8KNO6S2. The second-order valence-electron chi connectivity index (χ2n) is 2.65. The molecule has 0 aromatic heterocycles. The second kappa shape index (κ2) is 5.41. The van der Waals surface area contributed by atoms with Gasteiger partial charge in [-0.1, -0.05) is 0 Å². The van der Waals surface area contributed by atoms with Gasteiger partial charge in [-0.3, -0.25) is 9.11 Å². The maximum atomic E-state index is 10.7. The van der Waals surface area contributed by atoms with Gasteiger partial charge < -0.3 is 7.16 Å². The summed E-state index contributed by atoms with van der Waals surface area (Å²) in [7, 11) is -8.94. The van der Waals surface area contributed by atoms with Crippen LogP contribution in [0.4, 0.5) is 5.69 Å². The van der Waals surface area contributed by atoms with Crippen molar-refractivity contribution in [2.24, 2.45) is 0 Å². The predicted molar refractivity (Wildman–Crippen MR) is 51.6 cm³/mol. The van der Waals surface area contributed by atoms with E-state index in [0.717, 1.165) is 18.2 Å². The van der Waals surface area contributed by atoms with Crippen molar-refractivity contribution < 1.29 is 78.8 Å². The Hall–Kier alpha value is 0.476. The molecule has 0 spiro atoms. The van der Waals surface area contributed by atoms with Crippen LogP contribution in [0.2, 0.25) is 0 Å². The van der Waals surface area contributed by atoms with Gasteiger partial charge in [-0.2, -0.15) is 16.8 Å². The zero-order valence-electron chi connectivity index (χ0n) is 9.15. The molecule has 0 atom stereocenters. The standard InChI is InChI=1S/C6H7NO6S2.K.H/c7-5-3-4(14(8,9)10)1-2-6(5)15(11,12)13;;/h1-3H,7H2,(H,8,9,10)(H,11,12,13);;/q;+1;-1. The van der Waals surface area contributed by atoms with E-state index in [2.05, 4.69) is 0 Å². The molecule has 86 valence electrons. The summed E-state index contributed by atoms with van der Waals surface area (Å²) >= 11 is 0. The summed E-state index contributed by atoms with van der Waals surface area (Å²) < 4.78 is 59.9. The largest absolute Gasteiger partial charge is 1.00 e. The zero-order valence-corrected chi connectivity index (χ0v) is 12.9. The maximum Gasteiger partial charge on any atom is 1.00 e. The van der Waals surface area contributed by atoms with E-state index in [1.54, 1.807) is 0 Å². The second-order valence-corrected chi connectivity index (χ2v) is 5.46. The third kappa shape index (κ3) is 4.05. The van der Waals surface area contributed by atoms with Crippen molar-refractivity contribution >= 4 is 25.9 Å². The van der Waals surface area contributed by atoms with E-state index in [4.69, 9.17) is 14.8 Å². The van der Waals surface area contributed by atoms with Crippen molar-refractivity contribution in [1.82, 2.24) is 0 Å². The number of nitrogens with two attached hydrogens (primary N) is 1. The molecule has 0 saturated carbocycles. The van der Waals surface area contributed by atoms with Crippen LogP contribution in [0.5, 0.6) is 0 Å². The Morgan fingerprint density at radius 2 is 1.56 bits per heavy atom. The molecular weight excluding hydrogens is 285 g/mol. The molecule has 0 unspecified atom stereocenters. The van der Waals surface area contributed by atoms with Crippen LogP contribution in [0.15, 0.2) is 28.0 Å². The third-order valence-electron chi connectivity index (χ3n) is 1.56. The fraction of sp³-hybridized carbons (Fsp3) is 0. The van der Waals surface area contributed by atoms with E-state index in [1.807, 2.05) is 0 Å². The first kappa shape index (κ1) is 16.5. The Morgan fingerprint density at radius 1 is 1.06 bits per heavy atom. The van der Waals surface area contributed by atoms with Crippen molar-refractivity contribution in [3.8, 4) is 0 Å². The van der Waals surface area contributed by atoms with Gasteiger partial charge in [0.2, 0.25) is 0 Å². The fourth-order valence-electron chi connectivity index (χ4n) is 0.922. The van der Waals surface area contributed by atoms with Gasteiger partial charge in [-0.25, -0.2) is 0 Å². The summed E-state index contributed by atoms with van der Waals surface area (Å²) in [4.78, 5) is -1.16. The maximum absolute atomic E-state index is 10.7. The molecule has 1 aromatic carbocycles. The molecule has 0 aliphatic rings. The minimum Gasteiger partial charge on any atom is -1.00 e. The van der Waals surface area contributed by atoms with Crippen molar-refractivity contribution in [1.29, 1.82) is 0 Å². The van der Waals surface area contributed by atoms with E-state index in [9.17, 15) is 16.8 Å². The Kier molecular flexibility index (Phi) is 5.57. The van der Waals surface area contributed by atoms with E-state index in [-0.39, 0.29) is 52.8 Å². The topological polar surface area (TPSA) is 135 Å². The van der Waals surface area contributed by atoms with Crippen LogP contribution >= 0.6 is 0 Å². The van der Waals surface area contributed by atoms with Crippen LogP contribution in [-0.4, -0.2) is 25.9 Å². The van der Waals surface area contributed by atoms with Crippen molar-refractivity contribution in [3.63, 3.8) is 0 Å². The molecule has 4 N–H and O–H groups in total. The molecule has 0 bridgehead atoms. The van der Waals surface area contributed by atoms with Crippen LogP contribution in [-0.2, 0) is 20.2 Å². The number of hydrogen-bond acceptors (Lipinski definition) is 5. The van der Waals surface area contributed by atoms with Crippen molar-refractivity contribution in [2.45, 2.75) is 9.79 Å². The van der Waals surface area contributed by atoms with Crippen LogP contribution in [0.25, 0.3) is 0 Å². The SMILES string of the molecule is Nc1cc(S(=O)(=O)O)ccc1S(=O)(=O)O.[H-].[K+]. The van der Waals surface area contributed by atoms with Gasteiger partial charge >= 0.3 is 51.4 Å². The summed E-state index contributed by atoms with van der Waals surface area (Å²) in [5.74, 6) is 0. The van der Waals surface area contributed by atoms with Crippen LogP contribution < -0.4 is 57.1 Å². The van der Waals surface area contributed by atoms with Crippen molar-refractivity contribution in [2.75, 3.05) is 5.73 Å². The molecule has 1 rings (SSSR count). The quantitative estimate of drug-likeness (QED) is 0.298. The normalized spacial score (nSPS) is 11.9. The monoisotopic (exact) mass is 293 g/mol. The molecule has 0 aliphatic heterocycles. The molecule has 0 amide bonds. The molecule has 0 aliphatic carbocycles. The zero-order chi connectivity index (χ0) is 11.9. The molecule has 1 aromatic rings. The number of rotatable bonds is 2. The average Bonchev–Trinajstić information content (AvgIpc) is 1.99. The third-order valence-corrected chi connectivity index (χ3v) is 3.33. The van der Waals surface area contributed by atoms with Crippen LogP contribution in [0, 0.1) is 0 Å². The van der Waals surface area contributed by atoms with Gasteiger partial charge in [0.25, 0.3) is 20.2 Å². The van der Waals surface area contributed by atoms with Crippen LogP contribution in [0.1, 0.15) is 1.43 Å². The van der Waals surface area contributed by atoms with Gasteiger partial charge in [0, 0.05) is 0 Å². The number of benzene rings is 1. The van der Waals surface area contributed by atoms with Crippen LogP contribution in [0.3, 0.4) is 0 Å². The van der Waals surface area contributed by atoms with Gasteiger partial charge in [0.15, 0.2) is 0 Å². The molecule has 7 nitrogen and oxygen atoms in total. The minimum absolute atomic E-state index is 0. The van der Waals surface area contributed by atoms with Gasteiger partial charge in [0.05, 0.1) is 10.6 Å². The Morgan fingerprint density at radius 3 is 1.88 bits per heavy atom. The number of anilines is 1. The van der Waals surface area contributed by atoms with Gasteiger partial charge in [-0.15, -0.1) is 0 Å². The van der Waals surface area contributed by atoms with E-state index in [0.29, 0.717) is 0 Å². The molecule has 0 heterocycles. The van der Waals surface area contributed by atoms with E-state index < -0.39 is 35.7 Å². The predicted octanol–water partition coefficient (Wildman–Crippen LogP) is -3.12. The Balaban J connectivity index is 0. The number of nitrogen functional groups attached to an aromatic ring is 1. The molecule has 16 heavy (non-hydrogen) atoms. The summed E-state index contributed by atoms with van der Waals surface area (Å²) in [6, 6.07) is 2.33. The first-order chi connectivity index (χ1) is 6.62. The Labute approximate surface area is 136 Å². The Bertz CT molecular complexity index is 599. The summed E-state index contributed by atoms with van der Waals surface area (Å²) in [6.07, 6.45) is 0. The summed E-state index contributed by atoms with van der Waals surface area (Å²) in [6.45, 7) is 0. The fourth-order valence-corrected chi connectivity index (χ4v) is 2.03. The average molecular weight is 293 g/mol. The first-order valence-corrected chi connectivity index (χ1v) is 6.35. The van der Waals surface area contributed by atoms with Crippen molar-refractivity contribution in [3.05, 3.63) is 18.2 Å².